The number of ether oxygens (including phenoxy) is 3. The van der Waals surface area contributed by atoms with Gasteiger partial charge in [-0.1, -0.05) is 24.3 Å². The van der Waals surface area contributed by atoms with Gasteiger partial charge in [-0.2, -0.15) is 4.31 Å². The lowest BCUT2D eigenvalue weighted by molar-refractivity contribution is -0.0329. The van der Waals surface area contributed by atoms with Crippen molar-refractivity contribution in [3.8, 4) is 11.5 Å². The molecular weight excluding hydrogens is 510 g/mol. The van der Waals surface area contributed by atoms with Crippen molar-refractivity contribution < 1.29 is 32.8 Å². The second-order valence-corrected chi connectivity index (χ2v) is 11.2. The molecule has 1 heterocycles. The lowest BCUT2D eigenvalue weighted by Gasteiger charge is -2.30. The first-order chi connectivity index (χ1) is 18.2. The zero-order valence-corrected chi connectivity index (χ0v) is 22.8. The summed E-state index contributed by atoms with van der Waals surface area (Å²) in [5, 5.41) is 18.0. The van der Waals surface area contributed by atoms with Crippen LogP contribution in [0.5, 0.6) is 11.5 Å². The zero-order chi connectivity index (χ0) is 27.7. The molecule has 38 heavy (non-hydrogen) atoms. The third-order valence-corrected chi connectivity index (χ3v) is 8.19. The van der Waals surface area contributed by atoms with Crippen molar-refractivity contribution in [1.82, 2.24) is 14.3 Å². The molecule has 1 unspecified atom stereocenters. The Bertz CT molecular complexity index is 1190. The van der Waals surface area contributed by atoms with Crippen LogP contribution in [-0.2, 0) is 27.8 Å². The Labute approximate surface area is 223 Å². The molecule has 0 fully saturated rings. The Kier molecular flexibility index (Phi) is 10.6. The predicted octanol–water partition coefficient (Wildman–Crippen LogP) is 2.63. The van der Waals surface area contributed by atoms with Gasteiger partial charge in [0.05, 0.1) is 27.4 Å². The van der Waals surface area contributed by atoms with E-state index in [1.165, 1.54) is 11.2 Å². The number of aryl methyl sites for hydroxylation is 1. The molecule has 3 atom stereocenters. The van der Waals surface area contributed by atoms with E-state index in [0.717, 1.165) is 16.7 Å². The van der Waals surface area contributed by atoms with Crippen LogP contribution >= 0.6 is 0 Å². The topological polar surface area (TPSA) is 131 Å². The van der Waals surface area contributed by atoms with E-state index in [2.05, 4.69) is 9.97 Å². The maximum atomic E-state index is 14.1. The molecular formula is C27H35N3O7S. The smallest absolute Gasteiger partial charge is 0.220 e. The molecule has 206 valence electrons. The van der Waals surface area contributed by atoms with Crippen LogP contribution < -0.4 is 9.47 Å². The van der Waals surface area contributed by atoms with E-state index in [0.29, 0.717) is 11.5 Å². The molecule has 0 saturated carbocycles. The van der Waals surface area contributed by atoms with E-state index in [1.54, 1.807) is 50.9 Å². The van der Waals surface area contributed by atoms with Crippen LogP contribution in [0.15, 0.2) is 60.9 Å². The van der Waals surface area contributed by atoms with Crippen molar-refractivity contribution in [2.75, 3.05) is 27.4 Å². The minimum Gasteiger partial charge on any atom is -0.497 e. The Hall–Kier alpha value is -3.09. The SMILES string of the molecule is COc1ccc(CN(Cc2ccc(OC)cc2)S(=O)(=O)[C@@H](C)[C@H](OCC(O)CO)c2ncc(C)cn2)cc1. The van der Waals surface area contributed by atoms with Crippen molar-refractivity contribution in [3.05, 3.63) is 83.4 Å². The summed E-state index contributed by atoms with van der Waals surface area (Å²) in [6, 6.07) is 14.4. The number of benzene rings is 2. The maximum Gasteiger partial charge on any atom is 0.220 e. The van der Waals surface area contributed by atoms with Gasteiger partial charge in [-0.25, -0.2) is 18.4 Å². The number of hydrogen-bond acceptors (Lipinski definition) is 9. The van der Waals surface area contributed by atoms with Crippen molar-refractivity contribution >= 4 is 10.0 Å². The number of aromatic nitrogens is 2. The molecule has 0 saturated heterocycles. The van der Waals surface area contributed by atoms with Gasteiger partial charge in [0.25, 0.3) is 0 Å². The molecule has 0 aliphatic carbocycles. The fourth-order valence-corrected chi connectivity index (χ4v) is 5.37. The van der Waals surface area contributed by atoms with E-state index >= 15 is 0 Å². The highest BCUT2D eigenvalue weighted by Gasteiger charge is 2.38. The quantitative estimate of drug-likeness (QED) is 0.314. The first kappa shape index (κ1) is 29.5. The summed E-state index contributed by atoms with van der Waals surface area (Å²) in [6.07, 6.45) is 0.892. The third kappa shape index (κ3) is 7.71. The van der Waals surface area contributed by atoms with E-state index in [-0.39, 0.29) is 25.5 Å². The first-order valence-electron chi connectivity index (χ1n) is 12.1. The number of sulfonamides is 1. The van der Waals surface area contributed by atoms with Crippen LogP contribution in [0, 0.1) is 6.92 Å². The largest absolute Gasteiger partial charge is 0.497 e. The highest BCUT2D eigenvalue weighted by atomic mass is 32.2. The Morgan fingerprint density at radius 1 is 0.895 bits per heavy atom. The fraction of sp³-hybridized carbons (Fsp3) is 0.407. The van der Waals surface area contributed by atoms with Gasteiger partial charge in [-0.05, 0) is 54.8 Å². The van der Waals surface area contributed by atoms with E-state index in [9.17, 15) is 18.6 Å². The normalized spacial score (nSPS) is 14.2. The summed E-state index contributed by atoms with van der Waals surface area (Å²) in [6.45, 7) is 2.75. The van der Waals surface area contributed by atoms with Gasteiger partial charge in [0.15, 0.2) is 5.82 Å². The van der Waals surface area contributed by atoms with Crippen molar-refractivity contribution in [3.63, 3.8) is 0 Å². The predicted molar refractivity (Wildman–Crippen MR) is 142 cm³/mol. The lowest BCUT2D eigenvalue weighted by Crippen LogP contribution is -2.41. The second kappa shape index (κ2) is 13.6. The Morgan fingerprint density at radius 2 is 1.37 bits per heavy atom. The van der Waals surface area contributed by atoms with Crippen LogP contribution in [0.2, 0.25) is 0 Å². The molecule has 0 radical (unpaired) electrons. The van der Waals surface area contributed by atoms with Crippen molar-refractivity contribution in [1.29, 1.82) is 0 Å². The van der Waals surface area contributed by atoms with Crippen LogP contribution in [0.3, 0.4) is 0 Å². The molecule has 3 aromatic rings. The lowest BCUT2D eigenvalue weighted by atomic mass is 10.2. The van der Waals surface area contributed by atoms with Gasteiger partial charge in [-0.3, -0.25) is 0 Å². The average Bonchev–Trinajstić information content (AvgIpc) is 2.94. The van der Waals surface area contributed by atoms with Gasteiger partial charge in [-0.15, -0.1) is 0 Å². The van der Waals surface area contributed by atoms with E-state index < -0.39 is 34.1 Å². The molecule has 3 rings (SSSR count). The minimum absolute atomic E-state index is 0.101. The summed E-state index contributed by atoms with van der Waals surface area (Å²) in [5.41, 5.74) is 2.35. The number of methoxy groups -OCH3 is 2. The maximum absolute atomic E-state index is 14.1. The van der Waals surface area contributed by atoms with E-state index in [4.69, 9.17) is 14.2 Å². The number of aliphatic hydroxyl groups is 2. The van der Waals surface area contributed by atoms with Crippen molar-refractivity contribution in [2.45, 2.75) is 44.4 Å². The molecule has 11 heteroatoms. The van der Waals surface area contributed by atoms with Gasteiger partial charge >= 0.3 is 0 Å². The third-order valence-electron chi connectivity index (χ3n) is 6.03. The number of rotatable bonds is 14. The molecule has 0 spiro atoms. The molecule has 0 bridgehead atoms. The van der Waals surface area contributed by atoms with Crippen LogP contribution in [0.1, 0.15) is 35.5 Å². The molecule has 2 N–H and O–H groups in total. The number of hydrogen-bond donors (Lipinski definition) is 2. The summed E-state index contributed by atoms with van der Waals surface area (Å²) >= 11 is 0. The van der Waals surface area contributed by atoms with Crippen LogP contribution in [-0.4, -0.2) is 71.7 Å². The zero-order valence-electron chi connectivity index (χ0n) is 22.0. The molecule has 10 nitrogen and oxygen atoms in total. The van der Waals surface area contributed by atoms with Crippen LogP contribution in [0.25, 0.3) is 0 Å². The first-order valence-corrected chi connectivity index (χ1v) is 13.6. The summed E-state index contributed by atoms with van der Waals surface area (Å²) in [7, 11) is -0.884. The standard InChI is InChI=1S/C27H35N3O7S/c1-19-13-28-27(29-14-19)26(37-18-23(32)17-31)20(2)38(33,34)30(15-21-5-9-24(35-3)10-6-21)16-22-7-11-25(36-4)12-8-22/h5-14,20,23,26,31-32H,15-18H2,1-4H3/t20-,23?,26-/m0/s1. The number of nitrogens with zero attached hydrogens (tertiary/aromatic N) is 3. The minimum atomic E-state index is -4.02. The highest BCUT2D eigenvalue weighted by molar-refractivity contribution is 7.89. The number of aliphatic hydroxyl groups excluding tert-OH is 2. The molecule has 0 amide bonds. The second-order valence-electron chi connectivity index (χ2n) is 8.92. The Balaban J connectivity index is 1.97. The summed E-state index contributed by atoms with van der Waals surface area (Å²) < 4.78 is 45.9. The molecule has 0 aliphatic heterocycles. The van der Waals surface area contributed by atoms with E-state index in [1.807, 2.05) is 31.2 Å². The summed E-state index contributed by atoms with van der Waals surface area (Å²) in [4.78, 5) is 8.58. The van der Waals surface area contributed by atoms with Gasteiger partial charge < -0.3 is 24.4 Å². The van der Waals surface area contributed by atoms with Crippen molar-refractivity contribution in [2.24, 2.45) is 0 Å². The van der Waals surface area contributed by atoms with Gasteiger partial charge in [0.1, 0.15) is 29.0 Å². The monoisotopic (exact) mass is 545 g/mol. The molecule has 1 aromatic heterocycles. The fourth-order valence-electron chi connectivity index (χ4n) is 3.73. The van der Waals surface area contributed by atoms with Gasteiger partial charge in [0.2, 0.25) is 10.0 Å². The Morgan fingerprint density at radius 3 is 1.79 bits per heavy atom. The highest BCUT2D eigenvalue weighted by Crippen LogP contribution is 2.29. The average molecular weight is 546 g/mol. The summed E-state index contributed by atoms with van der Waals surface area (Å²) in [5.74, 6) is 1.50. The van der Waals surface area contributed by atoms with Crippen LogP contribution in [0.4, 0.5) is 0 Å². The van der Waals surface area contributed by atoms with Gasteiger partial charge in [0, 0.05) is 25.5 Å². The molecule has 0 aliphatic rings. The molecule has 2 aromatic carbocycles.